The quantitative estimate of drug-likeness (QED) is 0.894. The van der Waals surface area contributed by atoms with Gasteiger partial charge >= 0.3 is 0 Å². The van der Waals surface area contributed by atoms with Crippen LogP contribution >= 0.6 is 15.9 Å². The van der Waals surface area contributed by atoms with Gasteiger partial charge in [0.15, 0.2) is 6.10 Å². The second-order valence-electron chi connectivity index (χ2n) is 4.96. The molecule has 0 aliphatic heterocycles. The molecule has 0 aliphatic rings. The van der Waals surface area contributed by atoms with Crippen LogP contribution in [0.2, 0.25) is 0 Å². The summed E-state index contributed by atoms with van der Waals surface area (Å²) in [5, 5.41) is 7.01. The van der Waals surface area contributed by atoms with E-state index in [2.05, 4.69) is 26.3 Å². The normalized spacial score (nSPS) is 12.2. The maximum Gasteiger partial charge on any atom is 0.266 e. The molecule has 0 spiro atoms. The van der Waals surface area contributed by atoms with E-state index in [-0.39, 0.29) is 11.9 Å². The molecule has 0 bridgehead atoms. The fourth-order valence-corrected chi connectivity index (χ4v) is 2.09. The number of aromatic nitrogens is 2. The fraction of sp³-hybridized carbons (Fsp3) is 0.333. The van der Waals surface area contributed by atoms with Crippen LogP contribution in [0.25, 0.3) is 0 Å². The highest BCUT2D eigenvalue weighted by atomic mass is 79.9. The topological polar surface area (TPSA) is 56.1 Å². The molecule has 0 saturated carbocycles. The van der Waals surface area contributed by atoms with Crippen molar-refractivity contribution in [2.75, 3.05) is 5.32 Å². The SMILES string of the molecule is CC(Oc1ccc(Br)cc1)C(=O)Nc1ccnn1C(C)C. The molecule has 0 aliphatic carbocycles. The smallest absolute Gasteiger partial charge is 0.266 e. The first-order chi connectivity index (χ1) is 9.97. The number of halogens is 1. The standard InChI is InChI=1S/C15H18BrN3O2/c1-10(2)19-14(8-9-17-19)18-15(20)11(3)21-13-6-4-12(16)5-7-13/h4-11H,1-3H3,(H,18,20). The van der Waals surface area contributed by atoms with E-state index in [1.165, 1.54) is 0 Å². The molecule has 112 valence electrons. The lowest BCUT2D eigenvalue weighted by Crippen LogP contribution is -2.31. The number of benzene rings is 1. The Balaban J connectivity index is 1.99. The number of carbonyl (C=O) groups is 1. The molecule has 6 heteroatoms. The van der Waals surface area contributed by atoms with Crippen LogP contribution in [0, 0.1) is 0 Å². The summed E-state index contributed by atoms with van der Waals surface area (Å²) >= 11 is 3.36. The average Bonchev–Trinajstić information content (AvgIpc) is 2.89. The number of hydrogen-bond acceptors (Lipinski definition) is 3. The highest BCUT2D eigenvalue weighted by molar-refractivity contribution is 9.10. The van der Waals surface area contributed by atoms with Gasteiger partial charge in [-0.3, -0.25) is 4.79 Å². The van der Waals surface area contributed by atoms with Crippen LogP contribution in [0.15, 0.2) is 41.0 Å². The molecule has 2 rings (SSSR count). The summed E-state index contributed by atoms with van der Waals surface area (Å²) in [5.74, 6) is 1.11. The van der Waals surface area contributed by atoms with Crippen molar-refractivity contribution in [2.45, 2.75) is 32.9 Å². The molecule has 5 nitrogen and oxygen atoms in total. The summed E-state index contributed by atoms with van der Waals surface area (Å²) < 4.78 is 8.34. The third-order valence-corrected chi connectivity index (χ3v) is 3.44. The van der Waals surface area contributed by atoms with Gasteiger partial charge in [-0.05, 0) is 45.0 Å². The van der Waals surface area contributed by atoms with Gasteiger partial charge in [0, 0.05) is 16.6 Å². The Kier molecular flexibility index (Phi) is 5.01. The largest absolute Gasteiger partial charge is 0.481 e. The van der Waals surface area contributed by atoms with Crippen molar-refractivity contribution in [1.82, 2.24) is 9.78 Å². The molecular formula is C15H18BrN3O2. The third kappa shape index (κ3) is 4.07. The van der Waals surface area contributed by atoms with Gasteiger partial charge in [-0.25, -0.2) is 4.68 Å². The summed E-state index contributed by atoms with van der Waals surface area (Å²) in [4.78, 5) is 12.2. The minimum atomic E-state index is -0.596. The molecule has 21 heavy (non-hydrogen) atoms. The highest BCUT2D eigenvalue weighted by Crippen LogP contribution is 2.18. The first-order valence-electron chi connectivity index (χ1n) is 6.74. The highest BCUT2D eigenvalue weighted by Gasteiger charge is 2.17. The lowest BCUT2D eigenvalue weighted by molar-refractivity contribution is -0.122. The second-order valence-corrected chi connectivity index (χ2v) is 5.87. The van der Waals surface area contributed by atoms with Crippen molar-refractivity contribution in [2.24, 2.45) is 0 Å². The molecule has 1 aromatic carbocycles. The lowest BCUT2D eigenvalue weighted by atomic mass is 10.3. The Bertz CT molecular complexity index is 608. The minimum absolute atomic E-state index is 0.179. The van der Waals surface area contributed by atoms with Gasteiger partial charge in [0.1, 0.15) is 11.6 Å². The number of nitrogens with zero attached hydrogens (tertiary/aromatic N) is 2. The first-order valence-corrected chi connectivity index (χ1v) is 7.53. The van der Waals surface area contributed by atoms with Crippen LogP contribution in [0.1, 0.15) is 26.8 Å². The minimum Gasteiger partial charge on any atom is -0.481 e. The number of hydrogen-bond donors (Lipinski definition) is 1. The van der Waals surface area contributed by atoms with E-state index in [0.717, 1.165) is 4.47 Å². The summed E-state index contributed by atoms with van der Waals surface area (Å²) in [6.07, 6.45) is 1.07. The Morgan fingerprint density at radius 1 is 1.24 bits per heavy atom. The maximum atomic E-state index is 12.2. The number of nitrogens with one attached hydrogen (secondary N) is 1. The van der Waals surface area contributed by atoms with Gasteiger partial charge in [-0.1, -0.05) is 15.9 Å². The summed E-state index contributed by atoms with van der Waals surface area (Å²) in [6, 6.07) is 9.31. The van der Waals surface area contributed by atoms with Gasteiger partial charge in [-0.15, -0.1) is 0 Å². The zero-order valence-electron chi connectivity index (χ0n) is 12.2. The van der Waals surface area contributed by atoms with Gasteiger partial charge in [-0.2, -0.15) is 5.10 Å². The number of rotatable bonds is 5. The Hall–Kier alpha value is -1.82. The number of ether oxygens (including phenoxy) is 1. The second kappa shape index (κ2) is 6.76. The Morgan fingerprint density at radius 3 is 2.52 bits per heavy atom. The van der Waals surface area contributed by atoms with Crippen molar-refractivity contribution in [3.8, 4) is 5.75 Å². The molecule has 1 heterocycles. The van der Waals surface area contributed by atoms with E-state index in [1.54, 1.807) is 23.9 Å². The molecule has 1 atom stereocenters. The van der Waals surface area contributed by atoms with Crippen LogP contribution in [-0.2, 0) is 4.79 Å². The Morgan fingerprint density at radius 2 is 1.90 bits per heavy atom. The van der Waals surface area contributed by atoms with Crippen molar-refractivity contribution in [1.29, 1.82) is 0 Å². The monoisotopic (exact) mass is 351 g/mol. The van der Waals surface area contributed by atoms with Crippen molar-refractivity contribution in [3.63, 3.8) is 0 Å². The molecule has 1 amide bonds. The number of anilines is 1. The van der Waals surface area contributed by atoms with Gasteiger partial charge in [0.05, 0.1) is 6.20 Å². The van der Waals surface area contributed by atoms with Crippen molar-refractivity contribution < 1.29 is 9.53 Å². The summed E-state index contributed by atoms with van der Waals surface area (Å²) in [6.45, 7) is 5.72. The zero-order chi connectivity index (χ0) is 15.4. The molecular weight excluding hydrogens is 334 g/mol. The molecule has 1 N–H and O–H groups in total. The van der Waals surface area contributed by atoms with Crippen molar-refractivity contribution >= 4 is 27.7 Å². The summed E-state index contributed by atoms with van der Waals surface area (Å²) in [5.41, 5.74) is 0. The molecule has 1 unspecified atom stereocenters. The molecule has 2 aromatic rings. The van der Waals surface area contributed by atoms with Crippen LogP contribution in [0.4, 0.5) is 5.82 Å². The van der Waals surface area contributed by atoms with Crippen LogP contribution < -0.4 is 10.1 Å². The summed E-state index contributed by atoms with van der Waals surface area (Å²) in [7, 11) is 0. The van der Waals surface area contributed by atoms with Crippen molar-refractivity contribution in [3.05, 3.63) is 41.0 Å². The van der Waals surface area contributed by atoms with E-state index in [4.69, 9.17) is 4.74 Å². The molecule has 0 radical (unpaired) electrons. The van der Waals surface area contributed by atoms with Gasteiger partial charge in [0.25, 0.3) is 5.91 Å². The van der Waals surface area contributed by atoms with Gasteiger partial charge < -0.3 is 10.1 Å². The predicted octanol–water partition coefficient (Wildman–Crippen LogP) is 3.63. The van der Waals surface area contributed by atoms with Crippen LogP contribution in [0.3, 0.4) is 0 Å². The lowest BCUT2D eigenvalue weighted by Gasteiger charge is -2.16. The third-order valence-electron chi connectivity index (χ3n) is 2.91. The van der Waals surface area contributed by atoms with Crippen LogP contribution in [-0.4, -0.2) is 21.8 Å². The molecule has 0 fully saturated rings. The molecule has 0 saturated heterocycles. The van der Waals surface area contributed by atoms with Crippen LogP contribution in [0.5, 0.6) is 5.75 Å². The fourth-order valence-electron chi connectivity index (χ4n) is 1.82. The van der Waals surface area contributed by atoms with E-state index in [0.29, 0.717) is 11.6 Å². The number of carbonyl (C=O) groups excluding carboxylic acids is 1. The van der Waals surface area contributed by atoms with E-state index in [9.17, 15) is 4.79 Å². The first kappa shape index (κ1) is 15.6. The average molecular weight is 352 g/mol. The van der Waals surface area contributed by atoms with E-state index in [1.807, 2.05) is 38.1 Å². The molecule has 1 aromatic heterocycles. The predicted molar refractivity (Wildman–Crippen MR) is 85.5 cm³/mol. The zero-order valence-corrected chi connectivity index (χ0v) is 13.8. The van der Waals surface area contributed by atoms with Gasteiger partial charge in [0.2, 0.25) is 0 Å². The Labute approximate surface area is 132 Å². The number of amides is 1. The van der Waals surface area contributed by atoms with E-state index < -0.39 is 6.10 Å². The van der Waals surface area contributed by atoms with E-state index >= 15 is 0 Å². The maximum absolute atomic E-state index is 12.2.